The van der Waals surface area contributed by atoms with Crippen molar-refractivity contribution in [1.29, 1.82) is 0 Å². The maximum atomic E-state index is 6.02. The molecule has 100 valence electrons. The van der Waals surface area contributed by atoms with Gasteiger partial charge in [-0.25, -0.2) is 4.99 Å². The van der Waals surface area contributed by atoms with E-state index in [0.717, 1.165) is 13.1 Å². The minimum atomic E-state index is 0. The van der Waals surface area contributed by atoms with Crippen LogP contribution >= 0.6 is 24.0 Å². The number of likely N-dealkylation sites (tertiary alicyclic amines) is 1. The standard InChI is InChI=1S/C14H21N3.HI/c1-12-7-3-4-8-13(12)11-16-14(15)17-9-5-2-6-10-17;/h3-4,7-8H,2,5-6,9-11H2,1H3,(H2,15,16);1H. The van der Waals surface area contributed by atoms with Crippen LogP contribution in [0.25, 0.3) is 0 Å². The topological polar surface area (TPSA) is 41.6 Å². The molecule has 0 unspecified atom stereocenters. The summed E-state index contributed by atoms with van der Waals surface area (Å²) in [6.07, 6.45) is 3.79. The molecule has 2 N–H and O–H groups in total. The quantitative estimate of drug-likeness (QED) is 0.501. The van der Waals surface area contributed by atoms with Crippen molar-refractivity contribution in [3.05, 3.63) is 35.4 Å². The van der Waals surface area contributed by atoms with Crippen LogP contribution in [0, 0.1) is 6.92 Å². The van der Waals surface area contributed by atoms with Gasteiger partial charge in [0.25, 0.3) is 0 Å². The molecule has 1 heterocycles. The first-order chi connectivity index (χ1) is 8.27. The van der Waals surface area contributed by atoms with Crippen LogP contribution in [0.3, 0.4) is 0 Å². The highest BCUT2D eigenvalue weighted by Gasteiger charge is 2.11. The molecular formula is C14H22IN3. The number of nitrogens with zero attached hydrogens (tertiary/aromatic N) is 2. The summed E-state index contributed by atoms with van der Waals surface area (Å²) >= 11 is 0. The van der Waals surface area contributed by atoms with E-state index in [1.54, 1.807) is 0 Å². The molecule has 1 aromatic carbocycles. The molecule has 1 fully saturated rings. The SMILES string of the molecule is Cc1ccccc1CN=C(N)N1CCCCC1.I. The van der Waals surface area contributed by atoms with Gasteiger partial charge >= 0.3 is 0 Å². The molecule has 1 aliphatic rings. The van der Waals surface area contributed by atoms with Crippen molar-refractivity contribution in [2.45, 2.75) is 32.7 Å². The van der Waals surface area contributed by atoms with Crippen LogP contribution in [-0.2, 0) is 6.54 Å². The van der Waals surface area contributed by atoms with E-state index < -0.39 is 0 Å². The number of aliphatic imine (C=N–C) groups is 1. The van der Waals surface area contributed by atoms with Gasteiger partial charge in [0.1, 0.15) is 0 Å². The molecule has 18 heavy (non-hydrogen) atoms. The zero-order chi connectivity index (χ0) is 12.1. The Labute approximate surface area is 126 Å². The molecule has 0 aromatic heterocycles. The average molecular weight is 359 g/mol. The first kappa shape index (κ1) is 15.3. The molecule has 0 radical (unpaired) electrons. The van der Waals surface area contributed by atoms with Gasteiger partial charge in [-0.15, -0.1) is 24.0 Å². The van der Waals surface area contributed by atoms with Gasteiger partial charge in [-0.05, 0) is 37.3 Å². The fourth-order valence-corrected chi connectivity index (χ4v) is 2.18. The van der Waals surface area contributed by atoms with E-state index in [4.69, 9.17) is 5.73 Å². The second-order valence-corrected chi connectivity index (χ2v) is 4.65. The maximum absolute atomic E-state index is 6.02. The molecule has 1 saturated heterocycles. The molecule has 0 aliphatic carbocycles. The van der Waals surface area contributed by atoms with Gasteiger partial charge in [-0.1, -0.05) is 24.3 Å². The lowest BCUT2D eigenvalue weighted by molar-refractivity contribution is 0.338. The lowest BCUT2D eigenvalue weighted by Gasteiger charge is -2.27. The third-order valence-corrected chi connectivity index (χ3v) is 3.35. The highest BCUT2D eigenvalue weighted by Crippen LogP contribution is 2.10. The number of guanidine groups is 1. The van der Waals surface area contributed by atoms with Gasteiger partial charge in [-0.3, -0.25) is 0 Å². The Kier molecular flexibility index (Phi) is 6.46. The number of aryl methyl sites for hydroxylation is 1. The predicted molar refractivity (Wildman–Crippen MR) is 87.3 cm³/mol. The largest absolute Gasteiger partial charge is 0.370 e. The lowest BCUT2D eigenvalue weighted by atomic mass is 10.1. The number of rotatable bonds is 2. The Hall–Kier alpha value is -0.780. The van der Waals surface area contributed by atoms with Crippen LogP contribution in [0.4, 0.5) is 0 Å². The number of benzene rings is 1. The van der Waals surface area contributed by atoms with E-state index in [1.165, 1.54) is 30.4 Å². The number of nitrogens with two attached hydrogens (primary N) is 1. The zero-order valence-electron chi connectivity index (χ0n) is 10.9. The molecule has 0 spiro atoms. The van der Waals surface area contributed by atoms with Gasteiger partial charge in [0, 0.05) is 13.1 Å². The molecular weight excluding hydrogens is 337 g/mol. The van der Waals surface area contributed by atoms with E-state index in [9.17, 15) is 0 Å². The Morgan fingerprint density at radius 2 is 1.89 bits per heavy atom. The second-order valence-electron chi connectivity index (χ2n) is 4.65. The predicted octanol–water partition coefficient (Wildman–Crippen LogP) is 2.91. The van der Waals surface area contributed by atoms with E-state index in [0.29, 0.717) is 12.5 Å². The third-order valence-electron chi connectivity index (χ3n) is 3.35. The van der Waals surface area contributed by atoms with Crippen molar-refractivity contribution < 1.29 is 0 Å². The van der Waals surface area contributed by atoms with Crippen molar-refractivity contribution in [2.75, 3.05) is 13.1 Å². The minimum absolute atomic E-state index is 0. The number of halogens is 1. The van der Waals surface area contributed by atoms with Crippen molar-refractivity contribution in [1.82, 2.24) is 4.90 Å². The van der Waals surface area contributed by atoms with Crippen molar-refractivity contribution in [3.63, 3.8) is 0 Å². The normalized spacial score (nSPS) is 16.3. The third kappa shape index (κ3) is 4.15. The van der Waals surface area contributed by atoms with Gasteiger partial charge < -0.3 is 10.6 Å². The van der Waals surface area contributed by atoms with Crippen molar-refractivity contribution >= 4 is 29.9 Å². The Morgan fingerprint density at radius 3 is 2.56 bits per heavy atom. The van der Waals surface area contributed by atoms with E-state index >= 15 is 0 Å². The number of hydrogen-bond acceptors (Lipinski definition) is 1. The molecule has 0 amide bonds. The fraction of sp³-hybridized carbons (Fsp3) is 0.500. The summed E-state index contributed by atoms with van der Waals surface area (Å²) in [5.74, 6) is 0.702. The average Bonchev–Trinajstić information content (AvgIpc) is 2.38. The van der Waals surface area contributed by atoms with E-state index in [1.807, 2.05) is 0 Å². The van der Waals surface area contributed by atoms with Crippen LogP contribution in [0.15, 0.2) is 29.3 Å². The second kappa shape index (κ2) is 7.61. The molecule has 3 nitrogen and oxygen atoms in total. The summed E-state index contributed by atoms with van der Waals surface area (Å²) in [4.78, 5) is 6.70. The van der Waals surface area contributed by atoms with Gasteiger partial charge in [0.05, 0.1) is 6.54 Å². The van der Waals surface area contributed by atoms with Crippen LogP contribution in [0.5, 0.6) is 0 Å². The lowest BCUT2D eigenvalue weighted by Crippen LogP contribution is -2.40. The van der Waals surface area contributed by atoms with Gasteiger partial charge in [0.15, 0.2) is 5.96 Å². The van der Waals surface area contributed by atoms with Crippen molar-refractivity contribution in [2.24, 2.45) is 10.7 Å². The first-order valence-electron chi connectivity index (χ1n) is 6.37. The highest BCUT2D eigenvalue weighted by molar-refractivity contribution is 14.0. The van der Waals surface area contributed by atoms with Crippen LogP contribution in [0.2, 0.25) is 0 Å². The molecule has 1 aliphatic heterocycles. The summed E-state index contributed by atoms with van der Waals surface area (Å²) in [5.41, 5.74) is 8.56. The monoisotopic (exact) mass is 359 g/mol. The summed E-state index contributed by atoms with van der Waals surface area (Å²) in [5, 5.41) is 0. The summed E-state index contributed by atoms with van der Waals surface area (Å²) in [7, 11) is 0. The summed E-state index contributed by atoms with van der Waals surface area (Å²) in [6.45, 7) is 4.92. The van der Waals surface area contributed by atoms with Crippen LogP contribution in [-0.4, -0.2) is 23.9 Å². The summed E-state index contributed by atoms with van der Waals surface area (Å²) < 4.78 is 0. The van der Waals surface area contributed by atoms with Gasteiger partial charge in [0.2, 0.25) is 0 Å². The maximum Gasteiger partial charge on any atom is 0.191 e. The zero-order valence-corrected chi connectivity index (χ0v) is 13.3. The Bertz CT molecular complexity index is 398. The summed E-state index contributed by atoms with van der Waals surface area (Å²) in [6, 6.07) is 8.33. The highest BCUT2D eigenvalue weighted by atomic mass is 127. The Morgan fingerprint density at radius 1 is 1.22 bits per heavy atom. The smallest absolute Gasteiger partial charge is 0.191 e. The molecule has 0 atom stereocenters. The van der Waals surface area contributed by atoms with Gasteiger partial charge in [-0.2, -0.15) is 0 Å². The minimum Gasteiger partial charge on any atom is -0.370 e. The molecule has 2 rings (SSSR count). The molecule has 1 aromatic rings. The Balaban J connectivity index is 0.00000162. The molecule has 0 bridgehead atoms. The number of piperidine rings is 1. The van der Waals surface area contributed by atoms with Crippen LogP contribution in [0.1, 0.15) is 30.4 Å². The molecule has 4 heteroatoms. The van der Waals surface area contributed by atoms with Crippen molar-refractivity contribution in [3.8, 4) is 0 Å². The van der Waals surface area contributed by atoms with E-state index in [-0.39, 0.29) is 24.0 Å². The first-order valence-corrected chi connectivity index (χ1v) is 6.37. The molecule has 0 saturated carbocycles. The number of hydrogen-bond donors (Lipinski definition) is 1. The fourth-order valence-electron chi connectivity index (χ4n) is 2.18. The van der Waals surface area contributed by atoms with E-state index in [2.05, 4.69) is 41.1 Å². The van der Waals surface area contributed by atoms with Crippen LogP contribution < -0.4 is 5.73 Å².